The van der Waals surface area contributed by atoms with E-state index in [9.17, 15) is 14.9 Å². The Labute approximate surface area is 227 Å². The number of rotatable bonds is 9. The second-order valence-corrected chi connectivity index (χ2v) is 9.15. The van der Waals surface area contributed by atoms with Crippen molar-refractivity contribution >= 4 is 47.7 Å². The van der Waals surface area contributed by atoms with Gasteiger partial charge in [0.2, 0.25) is 0 Å². The van der Waals surface area contributed by atoms with Crippen molar-refractivity contribution in [2.75, 3.05) is 39.4 Å². The van der Waals surface area contributed by atoms with Crippen molar-refractivity contribution in [3.8, 4) is 21.7 Å². The van der Waals surface area contributed by atoms with Gasteiger partial charge in [0, 0.05) is 48.4 Å². The minimum absolute atomic E-state index is 0. The van der Waals surface area contributed by atoms with E-state index < -0.39 is 4.92 Å². The molecule has 0 spiro atoms. The lowest BCUT2D eigenvalue weighted by Crippen LogP contribution is -2.38. The first-order chi connectivity index (χ1) is 16.6. The minimum Gasteiger partial charge on any atom is -0.379 e. The monoisotopic (exact) mass is 552 g/mol. The number of aromatic nitrogens is 1. The third kappa shape index (κ3) is 7.02. The molecule has 1 aliphatic rings. The fourth-order valence-corrected chi connectivity index (χ4v) is 5.35. The molecule has 2 aromatic heterocycles. The van der Waals surface area contributed by atoms with Crippen LogP contribution in [-0.2, 0) is 11.2 Å². The maximum absolute atomic E-state index is 13.5. The van der Waals surface area contributed by atoms with E-state index >= 15 is 0 Å². The van der Waals surface area contributed by atoms with Gasteiger partial charge in [0.1, 0.15) is 0 Å². The zero-order valence-corrected chi connectivity index (χ0v) is 22.4. The lowest BCUT2D eigenvalue weighted by molar-refractivity contribution is -0.384. The molecule has 1 N–H and O–H groups in total. The van der Waals surface area contributed by atoms with Gasteiger partial charge in [-0.15, -0.1) is 36.2 Å². The molecule has 8 nitrogen and oxygen atoms in total. The molecule has 0 bridgehead atoms. The van der Waals surface area contributed by atoms with Gasteiger partial charge in [-0.3, -0.25) is 24.8 Å². The van der Waals surface area contributed by atoms with Crippen LogP contribution < -0.4 is 5.32 Å². The Hall–Kier alpha value is -2.56. The highest BCUT2D eigenvalue weighted by molar-refractivity contribution is 7.16. The fourth-order valence-electron chi connectivity index (χ4n) is 4.12. The quantitative estimate of drug-likeness (QED) is 0.221. The molecule has 1 amide bonds. The number of nitrogens with one attached hydrogen (secondary N) is 1. The molecule has 1 aromatic carbocycles. The van der Waals surface area contributed by atoms with Crippen molar-refractivity contribution in [2.24, 2.45) is 0 Å². The lowest BCUT2D eigenvalue weighted by Gasteiger charge is -2.26. The summed E-state index contributed by atoms with van der Waals surface area (Å²) in [6, 6.07) is 12.1. The second kappa shape index (κ2) is 14.2. The molecule has 0 aliphatic carbocycles. The fraction of sp³-hybridized carbons (Fsp3) is 0.360. The number of nitrogens with zero attached hydrogens (tertiary/aromatic N) is 3. The Morgan fingerprint density at radius 1 is 1.19 bits per heavy atom. The van der Waals surface area contributed by atoms with Crippen molar-refractivity contribution in [2.45, 2.75) is 19.8 Å². The average Bonchev–Trinajstić information content (AvgIpc) is 3.28. The Bertz CT molecular complexity index is 1150. The number of nitro groups is 1. The molecule has 1 aliphatic heterocycles. The van der Waals surface area contributed by atoms with Crippen LogP contribution in [0.25, 0.3) is 21.7 Å². The number of benzene rings is 1. The molecule has 36 heavy (non-hydrogen) atoms. The first-order valence-electron chi connectivity index (χ1n) is 11.5. The number of hydrogen-bond donors (Lipinski definition) is 1. The van der Waals surface area contributed by atoms with Crippen LogP contribution in [0.15, 0.2) is 48.7 Å². The van der Waals surface area contributed by atoms with Crippen molar-refractivity contribution in [3.63, 3.8) is 0 Å². The number of pyridine rings is 1. The largest absolute Gasteiger partial charge is 0.379 e. The molecule has 0 unspecified atom stereocenters. The van der Waals surface area contributed by atoms with E-state index in [-0.39, 0.29) is 36.4 Å². The molecule has 1 fully saturated rings. The topological polar surface area (TPSA) is 97.6 Å². The molecular weight excluding hydrogens is 523 g/mol. The van der Waals surface area contributed by atoms with Crippen LogP contribution in [-0.4, -0.2) is 60.1 Å². The zero-order valence-electron chi connectivity index (χ0n) is 20.0. The van der Waals surface area contributed by atoms with E-state index in [1.165, 1.54) is 17.4 Å². The Kier molecular flexibility index (Phi) is 11.7. The number of non-ortho nitro benzene ring substituents is 1. The third-order valence-electron chi connectivity index (χ3n) is 5.81. The van der Waals surface area contributed by atoms with Gasteiger partial charge < -0.3 is 10.1 Å². The van der Waals surface area contributed by atoms with Crippen molar-refractivity contribution in [3.05, 3.63) is 69.2 Å². The number of nitro benzene ring substituents is 1. The Morgan fingerprint density at radius 2 is 1.97 bits per heavy atom. The molecule has 1 saturated heterocycles. The van der Waals surface area contributed by atoms with Gasteiger partial charge in [0.25, 0.3) is 11.6 Å². The van der Waals surface area contributed by atoms with E-state index in [1.807, 2.05) is 31.2 Å². The number of aryl methyl sites for hydroxylation is 1. The highest BCUT2D eigenvalue weighted by Gasteiger charge is 2.26. The summed E-state index contributed by atoms with van der Waals surface area (Å²) in [6.45, 7) is 6.81. The van der Waals surface area contributed by atoms with Gasteiger partial charge in [0.05, 0.1) is 34.3 Å². The maximum Gasteiger partial charge on any atom is 0.270 e. The van der Waals surface area contributed by atoms with Crippen LogP contribution in [0.3, 0.4) is 0 Å². The number of carbonyl (C=O) groups excluding carboxylic acids is 1. The number of hydrogen-bond acceptors (Lipinski definition) is 7. The van der Waals surface area contributed by atoms with Gasteiger partial charge in [-0.1, -0.05) is 25.1 Å². The maximum atomic E-state index is 13.5. The molecule has 0 radical (unpaired) electrons. The number of halogens is 2. The zero-order chi connectivity index (χ0) is 23.9. The first-order valence-corrected chi connectivity index (χ1v) is 12.3. The van der Waals surface area contributed by atoms with E-state index in [1.54, 1.807) is 18.3 Å². The van der Waals surface area contributed by atoms with E-state index in [0.29, 0.717) is 24.1 Å². The Morgan fingerprint density at radius 3 is 2.64 bits per heavy atom. The predicted molar refractivity (Wildman–Crippen MR) is 148 cm³/mol. The molecular formula is C25H30Cl2N4O4S. The van der Waals surface area contributed by atoms with Gasteiger partial charge in [-0.05, 0) is 37.1 Å². The average molecular weight is 554 g/mol. The van der Waals surface area contributed by atoms with Crippen molar-refractivity contribution < 1.29 is 14.5 Å². The van der Waals surface area contributed by atoms with Crippen LogP contribution in [0.4, 0.5) is 5.69 Å². The number of morpholine rings is 1. The number of thiophene rings is 1. The van der Waals surface area contributed by atoms with Crippen LogP contribution in [0, 0.1) is 10.1 Å². The highest BCUT2D eigenvalue weighted by atomic mass is 35.5. The second-order valence-electron chi connectivity index (χ2n) is 8.04. The lowest BCUT2D eigenvalue weighted by atomic mass is 9.97. The minimum atomic E-state index is -0.410. The summed E-state index contributed by atoms with van der Waals surface area (Å²) in [5, 5.41) is 14.5. The predicted octanol–water partition coefficient (Wildman–Crippen LogP) is 5.24. The van der Waals surface area contributed by atoms with Gasteiger partial charge in [-0.2, -0.15) is 0 Å². The number of ether oxygens (including phenoxy) is 1. The summed E-state index contributed by atoms with van der Waals surface area (Å²) >= 11 is 1.52. The SMILES string of the molecule is CCc1sc(-c2ccccn2)c(C(=O)NCCCN2CCOCC2)c1-c1cccc([N+](=O)[O-])c1.Cl.Cl. The highest BCUT2D eigenvalue weighted by Crippen LogP contribution is 2.42. The van der Waals surface area contributed by atoms with Gasteiger partial charge >= 0.3 is 0 Å². The molecule has 3 heterocycles. The van der Waals surface area contributed by atoms with E-state index in [4.69, 9.17) is 4.74 Å². The third-order valence-corrected chi connectivity index (χ3v) is 7.17. The first kappa shape index (κ1) is 29.7. The van der Waals surface area contributed by atoms with Crippen LogP contribution in [0.2, 0.25) is 0 Å². The van der Waals surface area contributed by atoms with Crippen molar-refractivity contribution in [1.82, 2.24) is 15.2 Å². The van der Waals surface area contributed by atoms with Crippen LogP contribution >= 0.6 is 36.2 Å². The summed E-state index contributed by atoms with van der Waals surface area (Å²) in [5.41, 5.74) is 2.68. The molecule has 3 aromatic rings. The summed E-state index contributed by atoms with van der Waals surface area (Å²) in [7, 11) is 0. The summed E-state index contributed by atoms with van der Waals surface area (Å²) in [6.07, 6.45) is 3.24. The normalized spacial score (nSPS) is 13.4. The molecule has 194 valence electrons. The molecule has 4 rings (SSSR count). The summed E-state index contributed by atoms with van der Waals surface area (Å²) in [5.74, 6) is -0.180. The molecule has 0 saturated carbocycles. The standard InChI is InChI=1S/C25H28N4O4S.2ClH/c1-2-21-22(18-7-5-8-19(17-18)29(31)32)23(24(34-21)20-9-3-4-10-26-20)25(30)27-11-6-12-28-13-15-33-16-14-28;;/h3-5,7-10,17H,2,6,11-16H2,1H3,(H,27,30);2*1H. The summed E-state index contributed by atoms with van der Waals surface area (Å²) in [4.78, 5) is 33.1. The summed E-state index contributed by atoms with van der Waals surface area (Å²) < 4.78 is 5.39. The number of carbonyl (C=O) groups is 1. The van der Waals surface area contributed by atoms with Crippen LogP contribution in [0.5, 0.6) is 0 Å². The smallest absolute Gasteiger partial charge is 0.270 e. The van der Waals surface area contributed by atoms with Crippen LogP contribution in [0.1, 0.15) is 28.6 Å². The van der Waals surface area contributed by atoms with E-state index in [0.717, 1.165) is 60.3 Å². The Balaban J connectivity index is 0.00000228. The van der Waals surface area contributed by atoms with Crippen molar-refractivity contribution in [1.29, 1.82) is 0 Å². The van der Waals surface area contributed by atoms with Gasteiger partial charge in [0.15, 0.2) is 0 Å². The van der Waals surface area contributed by atoms with Gasteiger partial charge in [-0.25, -0.2) is 0 Å². The molecule has 11 heteroatoms. The molecule has 0 atom stereocenters. The van der Waals surface area contributed by atoms with E-state index in [2.05, 4.69) is 15.2 Å². The number of amides is 1.